The van der Waals surface area contributed by atoms with Gasteiger partial charge in [0.1, 0.15) is 5.82 Å². The second-order valence-corrected chi connectivity index (χ2v) is 8.60. The number of carbonyl (C=O) groups excluding carboxylic acids is 2. The molecule has 0 atom stereocenters. The Balaban J connectivity index is 1.24. The van der Waals surface area contributed by atoms with E-state index in [2.05, 4.69) is 11.0 Å². The molecule has 5 nitrogen and oxygen atoms in total. The van der Waals surface area contributed by atoms with Gasteiger partial charge in [-0.15, -0.1) is 0 Å². The van der Waals surface area contributed by atoms with Crippen LogP contribution in [0.2, 0.25) is 0 Å². The quantitative estimate of drug-likeness (QED) is 0.604. The molecule has 1 fully saturated rings. The first-order valence-electron chi connectivity index (χ1n) is 11.3. The van der Waals surface area contributed by atoms with Gasteiger partial charge in [-0.25, -0.2) is 4.39 Å². The molecule has 2 amide bonds. The maximum absolute atomic E-state index is 13.2. The second kappa shape index (κ2) is 8.70. The minimum atomic E-state index is -0.242. The summed E-state index contributed by atoms with van der Waals surface area (Å²) in [6, 6.07) is 20.4. The number of halogens is 1. The topological polar surface area (TPSA) is 43.9 Å². The zero-order valence-electron chi connectivity index (χ0n) is 18.6. The lowest BCUT2D eigenvalue weighted by Gasteiger charge is -2.36. The van der Waals surface area contributed by atoms with Crippen LogP contribution in [0, 0.1) is 5.82 Å². The summed E-state index contributed by atoms with van der Waals surface area (Å²) in [5.41, 5.74) is 5.98. The molecule has 0 aromatic heterocycles. The van der Waals surface area contributed by atoms with E-state index in [4.69, 9.17) is 0 Å². The van der Waals surface area contributed by atoms with Crippen molar-refractivity contribution >= 4 is 23.2 Å². The van der Waals surface area contributed by atoms with Crippen LogP contribution in [-0.2, 0) is 11.2 Å². The molecule has 6 heteroatoms. The highest BCUT2D eigenvalue weighted by Gasteiger charge is 2.24. The SMILES string of the molecule is CC(=O)N1CCc2cc(-c3ccc(C(=O)N4CCN(c5ccc(F)cc5)CC4)cc3)ccc21. The molecule has 3 aromatic carbocycles. The van der Waals surface area contributed by atoms with Gasteiger partial charge < -0.3 is 14.7 Å². The van der Waals surface area contributed by atoms with Crippen LogP contribution in [0.15, 0.2) is 66.7 Å². The summed E-state index contributed by atoms with van der Waals surface area (Å²) in [5, 5.41) is 0. The van der Waals surface area contributed by atoms with Gasteiger partial charge in [-0.1, -0.05) is 18.2 Å². The number of carbonyl (C=O) groups is 2. The number of hydrogen-bond donors (Lipinski definition) is 0. The summed E-state index contributed by atoms with van der Waals surface area (Å²) < 4.78 is 13.2. The van der Waals surface area contributed by atoms with Gasteiger partial charge in [-0.2, -0.15) is 0 Å². The van der Waals surface area contributed by atoms with E-state index in [-0.39, 0.29) is 17.6 Å². The van der Waals surface area contributed by atoms with Crippen LogP contribution in [0.3, 0.4) is 0 Å². The van der Waals surface area contributed by atoms with Crippen LogP contribution in [0.5, 0.6) is 0 Å². The molecular weight excluding hydrogens is 417 g/mol. The minimum absolute atomic E-state index is 0.0337. The molecule has 0 bridgehead atoms. The molecule has 2 aliphatic heterocycles. The number of benzene rings is 3. The molecule has 33 heavy (non-hydrogen) atoms. The molecule has 0 N–H and O–H groups in total. The average molecular weight is 444 g/mol. The number of amides is 2. The van der Waals surface area contributed by atoms with E-state index in [1.165, 1.54) is 17.7 Å². The number of piperazine rings is 1. The van der Waals surface area contributed by atoms with E-state index in [1.807, 2.05) is 46.2 Å². The molecule has 0 aliphatic carbocycles. The van der Waals surface area contributed by atoms with Gasteiger partial charge in [0.05, 0.1) is 0 Å². The Morgan fingerprint density at radius 3 is 2.12 bits per heavy atom. The predicted octanol–water partition coefficient (Wildman–Crippen LogP) is 4.36. The third-order valence-electron chi connectivity index (χ3n) is 6.58. The lowest BCUT2D eigenvalue weighted by Crippen LogP contribution is -2.48. The van der Waals surface area contributed by atoms with Gasteiger partial charge in [0.25, 0.3) is 5.91 Å². The zero-order valence-corrected chi connectivity index (χ0v) is 18.6. The Bertz CT molecular complexity index is 1180. The highest BCUT2D eigenvalue weighted by Crippen LogP contribution is 2.32. The van der Waals surface area contributed by atoms with E-state index < -0.39 is 0 Å². The lowest BCUT2D eigenvalue weighted by atomic mass is 10.00. The van der Waals surface area contributed by atoms with Crippen molar-refractivity contribution in [2.75, 3.05) is 42.5 Å². The highest BCUT2D eigenvalue weighted by atomic mass is 19.1. The van der Waals surface area contributed by atoms with E-state index in [0.29, 0.717) is 18.7 Å². The predicted molar refractivity (Wildman–Crippen MR) is 128 cm³/mol. The van der Waals surface area contributed by atoms with Crippen molar-refractivity contribution in [3.63, 3.8) is 0 Å². The standard InChI is InChI=1S/C27H26FN3O2/c1-19(32)31-13-12-23-18-22(6-11-26(23)31)20-2-4-21(5-3-20)27(33)30-16-14-29(15-17-30)25-9-7-24(28)8-10-25/h2-11,18H,12-17H2,1H3. The van der Waals surface area contributed by atoms with Crippen molar-refractivity contribution in [2.24, 2.45) is 0 Å². The normalized spacial score (nSPS) is 15.5. The first-order valence-corrected chi connectivity index (χ1v) is 11.3. The fourth-order valence-corrected chi connectivity index (χ4v) is 4.72. The Morgan fingerprint density at radius 2 is 1.45 bits per heavy atom. The summed E-state index contributed by atoms with van der Waals surface area (Å²) in [6.45, 7) is 5.05. The maximum atomic E-state index is 13.2. The van der Waals surface area contributed by atoms with Gasteiger partial charge >= 0.3 is 0 Å². The molecule has 0 spiro atoms. The van der Waals surface area contributed by atoms with Crippen molar-refractivity contribution in [1.82, 2.24) is 4.90 Å². The van der Waals surface area contributed by atoms with E-state index in [9.17, 15) is 14.0 Å². The summed E-state index contributed by atoms with van der Waals surface area (Å²) in [4.78, 5) is 30.6. The van der Waals surface area contributed by atoms with Crippen LogP contribution in [0.1, 0.15) is 22.8 Å². The van der Waals surface area contributed by atoms with Crippen LogP contribution < -0.4 is 9.80 Å². The van der Waals surface area contributed by atoms with E-state index in [1.54, 1.807) is 19.1 Å². The van der Waals surface area contributed by atoms with Crippen LogP contribution >= 0.6 is 0 Å². The Hall–Kier alpha value is -3.67. The molecule has 3 aromatic rings. The number of fused-ring (bicyclic) bond motifs is 1. The van der Waals surface area contributed by atoms with Gasteiger partial charge in [0.2, 0.25) is 5.91 Å². The Labute approximate surface area is 193 Å². The molecule has 1 saturated heterocycles. The largest absolute Gasteiger partial charge is 0.368 e. The van der Waals surface area contributed by atoms with Crippen molar-refractivity contribution in [3.8, 4) is 11.1 Å². The monoisotopic (exact) mass is 443 g/mol. The third-order valence-corrected chi connectivity index (χ3v) is 6.58. The van der Waals surface area contributed by atoms with Crippen molar-refractivity contribution in [1.29, 1.82) is 0 Å². The molecule has 0 saturated carbocycles. The first-order chi connectivity index (χ1) is 16.0. The highest BCUT2D eigenvalue weighted by molar-refractivity contribution is 5.95. The molecule has 0 unspecified atom stereocenters. The van der Waals surface area contributed by atoms with Gasteiger partial charge in [0.15, 0.2) is 0 Å². The molecule has 0 radical (unpaired) electrons. The third kappa shape index (κ3) is 4.21. The Kier molecular flexibility index (Phi) is 5.58. The summed E-state index contributed by atoms with van der Waals surface area (Å²) in [5.74, 6) is -0.136. The minimum Gasteiger partial charge on any atom is -0.368 e. The van der Waals surface area contributed by atoms with Crippen molar-refractivity contribution < 1.29 is 14.0 Å². The number of anilines is 2. The average Bonchev–Trinajstić information content (AvgIpc) is 3.28. The number of nitrogens with zero attached hydrogens (tertiary/aromatic N) is 3. The summed E-state index contributed by atoms with van der Waals surface area (Å²) >= 11 is 0. The molecule has 168 valence electrons. The van der Waals surface area contributed by atoms with Crippen LogP contribution in [0.25, 0.3) is 11.1 Å². The van der Waals surface area contributed by atoms with Crippen LogP contribution in [-0.4, -0.2) is 49.4 Å². The fourth-order valence-electron chi connectivity index (χ4n) is 4.72. The maximum Gasteiger partial charge on any atom is 0.253 e. The molecular formula is C27H26FN3O2. The molecule has 2 aliphatic rings. The van der Waals surface area contributed by atoms with Crippen LogP contribution in [0.4, 0.5) is 15.8 Å². The fraction of sp³-hybridized carbons (Fsp3) is 0.259. The molecule has 2 heterocycles. The Morgan fingerprint density at radius 1 is 0.788 bits per heavy atom. The van der Waals surface area contributed by atoms with Gasteiger partial charge in [0, 0.05) is 56.6 Å². The van der Waals surface area contributed by atoms with E-state index >= 15 is 0 Å². The molecule has 5 rings (SSSR count). The van der Waals surface area contributed by atoms with Gasteiger partial charge in [-0.05, 0) is 71.6 Å². The van der Waals surface area contributed by atoms with Crippen molar-refractivity contribution in [3.05, 3.63) is 83.7 Å². The smallest absolute Gasteiger partial charge is 0.253 e. The van der Waals surface area contributed by atoms with Gasteiger partial charge in [-0.3, -0.25) is 9.59 Å². The zero-order chi connectivity index (χ0) is 22.9. The summed E-state index contributed by atoms with van der Waals surface area (Å²) in [7, 11) is 0. The lowest BCUT2D eigenvalue weighted by molar-refractivity contribution is -0.116. The number of rotatable bonds is 3. The number of hydrogen-bond acceptors (Lipinski definition) is 3. The summed E-state index contributed by atoms with van der Waals surface area (Å²) in [6.07, 6.45) is 0.864. The first kappa shape index (κ1) is 21.2. The second-order valence-electron chi connectivity index (χ2n) is 8.60. The van der Waals surface area contributed by atoms with Crippen molar-refractivity contribution in [2.45, 2.75) is 13.3 Å². The van der Waals surface area contributed by atoms with E-state index in [0.717, 1.165) is 48.6 Å².